The molecule has 4 aromatic carbocycles. The van der Waals surface area contributed by atoms with Crippen LogP contribution in [0.1, 0.15) is 74.3 Å². The number of alkyl halides is 1. The molecule has 8 aromatic rings. The summed E-state index contributed by atoms with van der Waals surface area (Å²) in [5.41, 5.74) is -3.93. The first kappa shape index (κ1) is 59.3. The number of fused-ring (bicyclic) bond motifs is 4. The summed E-state index contributed by atoms with van der Waals surface area (Å²) in [5.74, 6) is -0.426. The molecule has 4 aromatic heterocycles. The first-order chi connectivity index (χ1) is 40.6. The normalized spacial score (nSPS) is 23.3. The highest BCUT2D eigenvalue weighted by atomic mass is 31.2. The summed E-state index contributed by atoms with van der Waals surface area (Å²) in [7, 11) is -3.14. The first-order valence-electron chi connectivity index (χ1n) is 27.6. The molecule has 7 heterocycles. The number of aromatic amines is 1. The molecule has 0 saturated carbocycles. The van der Waals surface area contributed by atoms with E-state index in [0.717, 1.165) is 0 Å². The number of nitrogens with one attached hydrogen (secondary N) is 3. The average molecular weight is 1200 g/mol. The maximum absolute atomic E-state index is 18.7. The standard InChI is InChI=1S/C59H66FN10O13PSi/c1-34(2)51(71)67-55-66-50-44(53(73)68-55)64-33-70(50)58(46(82-84(74)75)42(60)41(80-58)28-79-59(36-18-14-11-15-19-36,37-20-24-39(76-6)25-21-37)38-22-26-40(77-7)27-23-38)29-57-30-78-45(47(57)83-85(8,9)56(3,4)5)54(81-57)69-32-63-43-48(61-31-62-49(43)69)65-52(72)35-16-12-10-13-17-35/h10-27,31-34,41-42,45-47,54,74-75H,28-30H2,1-9H3,(H,61,62,65,72)(H2,66,67,68,71,73)/t41-,42+,45-,46-,47+,54-,57-,58-/m1/s1. The highest BCUT2D eigenvalue weighted by Crippen LogP contribution is 2.58. The highest BCUT2D eigenvalue weighted by molar-refractivity contribution is 7.39. The molecular weight excluding hydrogens is 1130 g/mol. The summed E-state index contributed by atoms with van der Waals surface area (Å²) in [5, 5.41) is 5.11. The van der Waals surface area contributed by atoms with Crippen LogP contribution in [0.25, 0.3) is 22.3 Å². The Morgan fingerprint density at radius 3 is 2.06 bits per heavy atom. The number of nitrogens with zero attached hydrogens (tertiary/aromatic N) is 7. The molecule has 3 aliphatic heterocycles. The number of anilines is 2. The number of benzene rings is 4. The Bertz CT molecular complexity index is 3730. The van der Waals surface area contributed by atoms with Crippen LogP contribution in [0, 0.1) is 5.92 Å². The lowest BCUT2D eigenvalue weighted by molar-refractivity contribution is -0.227. The number of hydrogen-bond donors (Lipinski definition) is 5. The lowest BCUT2D eigenvalue weighted by Crippen LogP contribution is -2.57. The van der Waals surface area contributed by atoms with E-state index < -0.39 is 112 Å². The third-order valence-electron chi connectivity index (χ3n) is 16.5. The average Bonchev–Trinajstić information content (AvgIpc) is 1.63. The highest BCUT2D eigenvalue weighted by Gasteiger charge is 2.71. The Morgan fingerprint density at radius 2 is 1.45 bits per heavy atom. The van der Waals surface area contributed by atoms with Gasteiger partial charge in [0.05, 0.1) is 40.1 Å². The molecule has 23 nitrogen and oxygen atoms in total. The van der Waals surface area contributed by atoms with E-state index in [1.54, 1.807) is 87.2 Å². The number of hydrogen-bond acceptors (Lipinski definition) is 18. The molecule has 2 amide bonds. The lowest BCUT2D eigenvalue weighted by Gasteiger charge is -2.45. The van der Waals surface area contributed by atoms with E-state index in [4.69, 9.17) is 42.4 Å². The van der Waals surface area contributed by atoms with Crippen molar-refractivity contribution in [3.05, 3.63) is 161 Å². The van der Waals surface area contributed by atoms with Gasteiger partial charge in [0.1, 0.15) is 53.4 Å². The minimum absolute atomic E-state index is 0.129. The number of imidazole rings is 2. The number of aromatic nitrogens is 8. The molecule has 5 N–H and O–H groups in total. The van der Waals surface area contributed by atoms with E-state index in [1.165, 1.54) is 23.5 Å². The summed E-state index contributed by atoms with van der Waals surface area (Å²) in [4.78, 5) is 88.3. The molecule has 0 unspecified atom stereocenters. The van der Waals surface area contributed by atoms with Gasteiger partial charge in [-0.25, -0.2) is 24.3 Å². The van der Waals surface area contributed by atoms with Crippen molar-refractivity contribution in [2.24, 2.45) is 5.92 Å². The molecule has 446 valence electrons. The molecule has 3 saturated heterocycles. The number of amides is 2. The molecule has 0 radical (unpaired) electrons. The van der Waals surface area contributed by atoms with E-state index in [1.807, 2.05) is 54.6 Å². The van der Waals surface area contributed by atoms with Gasteiger partial charge in [-0.3, -0.25) is 33.8 Å². The van der Waals surface area contributed by atoms with Gasteiger partial charge in [0, 0.05) is 17.9 Å². The van der Waals surface area contributed by atoms with Crippen molar-refractivity contribution in [1.82, 2.24) is 39.0 Å². The molecule has 0 aliphatic carbocycles. The summed E-state index contributed by atoms with van der Waals surface area (Å²) >= 11 is 0. The minimum atomic E-state index is -3.39. The second-order valence-corrected chi connectivity index (χ2v) is 28.5. The zero-order valence-electron chi connectivity index (χ0n) is 48.1. The van der Waals surface area contributed by atoms with Crippen molar-refractivity contribution in [3.8, 4) is 11.5 Å². The molecule has 11 rings (SSSR count). The largest absolute Gasteiger partial charge is 0.497 e. The number of H-pyrrole nitrogens is 1. The smallest absolute Gasteiger partial charge is 0.327 e. The van der Waals surface area contributed by atoms with Gasteiger partial charge in [0.25, 0.3) is 11.5 Å². The fourth-order valence-electron chi connectivity index (χ4n) is 11.2. The molecular formula is C59H66FN10O13PSi. The van der Waals surface area contributed by atoms with Crippen LogP contribution in [-0.2, 0) is 44.0 Å². The van der Waals surface area contributed by atoms with E-state index in [0.29, 0.717) is 33.8 Å². The summed E-state index contributed by atoms with van der Waals surface area (Å²) in [6.07, 6.45) is -5.34. The Kier molecular flexibility index (Phi) is 16.1. The number of halogens is 1. The Morgan fingerprint density at radius 1 is 0.824 bits per heavy atom. The van der Waals surface area contributed by atoms with Crippen molar-refractivity contribution in [2.75, 3.05) is 38.1 Å². The van der Waals surface area contributed by atoms with Gasteiger partial charge in [0.2, 0.25) is 11.9 Å². The monoisotopic (exact) mass is 1200 g/mol. The Hall–Kier alpha value is -7.42. The zero-order chi connectivity index (χ0) is 60.2. The van der Waals surface area contributed by atoms with Gasteiger partial charge in [-0.05, 0) is 71.2 Å². The van der Waals surface area contributed by atoms with E-state index in [9.17, 15) is 24.2 Å². The van der Waals surface area contributed by atoms with E-state index >= 15 is 4.39 Å². The van der Waals surface area contributed by atoms with Gasteiger partial charge in [-0.1, -0.05) is 107 Å². The van der Waals surface area contributed by atoms with Crippen LogP contribution in [0.15, 0.2) is 133 Å². The maximum atomic E-state index is 18.7. The van der Waals surface area contributed by atoms with Crippen molar-refractivity contribution in [1.29, 1.82) is 0 Å². The van der Waals surface area contributed by atoms with Crippen molar-refractivity contribution in [2.45, 2.75) is 113 Å². The van der Waals surface area contributed by atoms with Gasteiger partial charge in [-0.2, -0.15) is 4.98 Å². The second kappa shape index (κ2) is 23.1. The third kappa shape index (κ3) is 10.8. The molecule has 26 heteroatoms. The molecule has 2 bridgehead atoms. The minimum Gasteiger partial charge on any atom is -0.497 e. The van der Waals surface area contributed by atoms with E-state index in [2.05, 4.69) is 69.4 Å². The second-order valence-electron chi connectivity index (χ2n) is 23.1. The predicted octanol–water partition coefficient (Wildman–Crippen LogP) is 8.27. The molecule has 3 fully saturated rings. The van der Waals surface area contributed by atoms with Crippen LogP contribution in [0.2, 0.25) is 18.1 Å². The predicted molar refractivity (Wildman–Crippen MR) is 313 cm³/mol. The maximum Gasteiger partial charge on any atom is 0.327 e. The zero-order valence-corrected chi connectivity index (χ0v) is 50.0. The topological polar surface area (TPSA) is 280 Å². The Labute approximate surface area is 490 Å². The number of carbonyl (C=O) groups is 2. The fraction of sp³-hybridized carbons (Fsp3) is 0.390. The fourth-order valence-corrected chi connectivity index (χ4v) is 13.0. The summed E-state index contributed by atoms with van der Waals surface area (Å²) in [6, 6.07) is 32.5. The van der Waals surface area contributed by atoms with Gasteiger partial charge in [0.15, 0.2) is 54.6 Å². The number of carbonyl (C=O) groups excluding carboxylic acids is 2. The van der Waals surface area contributed by atoms with Gasteiger partial charge >= 0.3 is 8.60 Å². The van der Waals surface area contributed by atoms with Crippen LogP contribution in [0.5, 0.6) is 11.5 Å². The van der Waals surface area contributed by atoms with Crippen molar-refractivity contribution >= 4 is 62.8 Å². The molecule has 0 spiro atoms. The third-order valence-corrected chi connectivity index (χ3v) is 21.4. The van der Waals surface area contributed by atoms with Crippen LogP contribution in [-0.4, -0.2) is 133 Å². The van der Waals surface area contributed by atoms with Crippen LogP contribution in [0.4, 0.5) is 16.2 Å². The molecule has 85 heavy (non-hydrogen) atoms. The summed E-state index contributed by atoms with van der Waals surface area (Å²) in [6.45, 7) is 12.9. The quantitative estimate of drug-likeness (QED) is 0.0273. The number of methoxy groups -OCH3 is 2. The van der Waals surface area contributed by atoms with Gasteiger partial charge < -0.3 is 52.5 Å². The molecule has 8 atom stereocenters. The van der Waals surface area contributed by atoms with Gasteiger partial charge in [-0.15, -0.1) is 0 Å². The number of rotatable bonds is 20. The molecule has 3 aliphatic rings. The van der Waals surface area contributed by atoms with Crippen molar-refractivity contribution < 1.29 is 61.1 Å². The summed E-state index contributed by atoms with van der Waals surface area (Å²) < 4.78 is 75.0. The SMILES string of the molecule is COc1ccc(C(OC[C@H]2O[C@@](C[C@]34CO[C@@H]([C@H](n5cnc6c(NC(=O)c7ccccc7)ncnc65)O3)[C@@H]4O[Si](C)(C)C(C)(C)C)(n3cnc4c(=O)[nH]c(NC(=O)C(C)C)nc43)[C@H](OP(O)O)[C@H]2F)(c2ccccc2)c2ccc(OC)cc2)cc1. The van der Waals surface area contributed by atoms with Crippen LogP contribution >= 0.6 is 8.60 Å². The first-order valence-corrected chi connectivity index (χ1v) is 31.6. The lowest BCUT2D eigenvalue weighted by atomic mass is 9.80. The van der Waals surface area contributed by atoms with Crippen LogP contribution in [0.3, 0.4) is 0 Å². The Balaban J connectivity index is 1.08. The number of ether oxygens (including phenoxy) is 6. The van der Waals surface area contributed by atoms with E-state index in [-0.39, 0.29) is 40.7 Å². The van der Waals surface area contributed by atoms with Crippen molar-refractivity contribution in [3.63, 3.8) is 0 Å². The van der Waals surface area contributed by atoms with Crippen LogP contribution < -0.4 is 25.7 Å².